The molecule has 0 radical (unpaired) electrons. The molecule has 3 rings (SSSR count). The number of amides is 1. The molecule has 1 heterocycles. The van der Waals surface area contributed by atoms with E-state index in [0.717, 1.165) is 16.0 Å². The van der Waals surface area contributed by atoms with E-state index >= 15 is 0 Å². The van der Waals surface area contributed by atoms with Crippen LogP contribution in [-0.4, -0.2) is 20.1 Å². The van der Waals surface area contributed by atoms with E-state index in [1.54, 1.807) is 32.2 Å². The van der Waals surface area contributed by atoms with Crippen LogP contribution < -0.4 is 14.8 Å². The van der Waals surface area contributed by atoms with Gasteiger partial charge in [0.25, 0.3) is 5.91 Å². The predicted octanol–water partition coefficient (Wildman–Crippen LogP) is 4.52. The van der Waals surface area contributed by atoms with Gasteiger partial charge in [-0.05, 0) is 24.3 Å². The lowest BCUT2D eigenvalue weighted by molar-refractivity contribution is 0.0922. The molecule has 2 aromatic carbocycles. The summed E-state index contributed by atoms with van der Waals surface area (Å²) >= 11 is 1.66. The number of methoxy groups -OCH3 is 2. The van der Waals surface area contributed by atoms with Gasteiger partial charge in [-0.2, -0.15) is 0 Å². The quantitative estimate of drug-likeness (QED) is 0.580. The van der Waals surface area contributed by atoms with Crippen LogP contribution in [0.25, 0.3) is 0 Å². The highest BCUT2D eigenvalue weighted by molar-refractivity contribution is 7.98. The third-order valence-electron chi connectivity index (χ3n) is 4.01. The first-order valence-electron chi connectivity index (χ1n) is 8.45. The van der Waals surface area contributed by atoms with Gasteiger partial charge in [0, 0.05) is 28.3 Å². The second kappa shape index (κ2) is 9.19. The first-order chi connectivity index (χ1) is 13.2. The van der Waals surface area contributed by atoms with E-state index in [1.165, 1.54) is 0 Å². The van der Waals surface area contributed by atoms with Crippen molar-refractivity contribution in [3.63, 3.8) is 0 Å². The summed E-state index contributed by atoms with van der Waals surface area (Å²) in [4.78, 5) is 13.7. The van der Waals surface area contributed by atoms with Crippen molar-refractivity contribution in [1.29, 1.82) is 0 Å². The van der Waals surface area contributed by atoms with Gasteiger partial charge in [0.05, 0.1) is 20.5 Å². The maximum absolute atomic E-state index is 12.6. The highest BCUT2D eigenvalue weighted by atomic mass is 32.2. The average Bonchev–Trinajstić information content (AvgIpc) is 3.19. The summed E-state index contributed by atoms with van der Waals surface area (Å²) in [5, 5.41) is 2.89. The topological polar surface area (TPSA) is 60.7 Å². The first-order valence-corrected chi connectivity index (χ1v) is 9.43. The zero-order valence-corrected chi connectivity index (χ0v) is 16.0. The van der Waals surface area contributed by atoms with E-state index in [4.69, 9.17) is 13.9 Å². The summed E-state index contributed by atoms with van der Waals surface area (Å²) in [6, 6.07) is 17.4. The average molecular weight is 383 g/mol. The van der Waals surface area contributed by atoms with Gasteiger partial charge in [-0.3, -0.25) is 4.79 Å². The molecule has 5 nitrogen and oxygen atoms in total. The van der Waals surface area contributed by atoms with Crippen molar-refractivity contribution >= 4 is 17.7 Å². The van der Waals surface area contributed by atoms with Crippen molar-refractivity contribution in [1.82, 2.24) is 5.32 Å². The third-order valence-corrected chi connectivity index (χ3v) is 5.08. The molecule has 27 heavy (non-hydrogen) atoms. The molecule has 0 bridgehead atoms. The Kier molecular flexibility index (Phi) is 6.44. The van der Waals surface area contributed by atoms with Crippen LogP contribution in [-0.2, 0) is 12.3 Å². The van der Waals surface area contributed by atoms with Crippen molar-refractivity contribution in [2.75, 3.05) is 14.2 Å². The number of nitrogens with one attached hydrogen (secondary N) is 1. The minimum absolute atomic E-state index is 0.256. The Labute approximate surface area is 162 Å². The monoisotopic (exact) mass is 383 g/mol. The summed E-state index contributed by atoms with van der Waals surface area (Å²) in [5.74, 6) is 1.97. The summed E-state index contributed by atoms with van der Waals surface area (Å²) in [5.41, 5.74) is 1.69. The van der Waals surface area contributed by atoms with Crippen molar-refractivity contribution in [2.24, 2.45) is 0 Å². The molecule has 6 heteroatoms. The lowest BCUT2D eigenvalue weighted by atomic mass is 10.1. The number of hydrogen-bond acceptors (Lipinski definition) is 5. The van der Waals surface area contributed by atoms with E-state index < -0.39 is 0 Å². The molecule has 0 saturated carbocycles. The van der Waals surface area contributed by atoms with Crippen molar-refractivity contribution in [2.45, 2.75) is 17.2 Å². The Morgan fingerprint density at radius 1 is 1.00 bits per heavy atom. The SMILES string of the molecule is COc1cccc(CNC(=O)c2occc2CSc2ccccc2)c1OC. The van der Waals surface area contributed by atoms with E-state index in [9.17, 15) is 4.79 Å². The van der Waals surface area contributed by atoms with E-state index in [1.807, 2.05) is 54.6 Å². The fourth-order valence-corrected chi connectivity index (χ4v) is 3.57. The highest BCUT2D eigenvalue weighted by Crippen LogP contribution is 2.30. The zero-order chi connectivity index (χ0) is 19.1. The van der Waals surface area contributed by atoms with Crippen LogP contribution in [0.15, 0.2) is 70.2 Å². The minimum Gasteiger partial charge on any atom is -0.493 e. The molecule has 1 N–H and O–H groups in total. The van der Waals surface area contributed by atoms with Gasteiger partial charge in [0.2, 0.25) is 0 Å². The normalized spacial score (nSPS) is 10.4. The lowest BCUT2D eigenvalue weighted by Crippen LogP contribution is -2.23. The second-order valence-corrected chi connectivity index (χ2v) is 6.76. The molecule has 0 atom stereocenters. The van der Waals surface area contributed by atoms with Gasteiger partial charge in [0.15, 0.2) is 17.3 Å². The van der Waals surface area contributed by atoms with E-state index in [2.05, 4.69) is 5.32 Å². The number of carbonyl (C=O) groups is 1. The molecule has 140 valence electrons. The van der Waals surface area contributed by atoms with Crippen LogP contribution in [0.4, 0.5) is 0 Å². The highest BCUT2D eigenvalue weighted by Gasteiger charge is 2.17. The number of ether oxygens (including phenoxy) is 2. The minimum atomic E-state index is -0.256. The Morgan fingerprint density at radius 2 is 1.81 bits per heavy atom. The number of benzene rings is 2. The van der Waals surface area contributed by atoms with Gasteiger partial charge in [-0.25, -0.2) is 0 Å². The summed E-state index contributed by atoms with van der Waals surface area (Å²) in [7, 11) is 3.16. The summed E-state index contributed by atoms with van der Waals surface area (Å²) < 4.78 is 16.1. The van der Waals surface area contributed by atoms with Gasteiger partial charge in [-0.15, -0.1) is 11.8 Å². The fraction of sp³-hybridized carbons (Fsp3) is 0.190. The van der Waals surface area contributed by atoms with Crippen LogP contribution in [0.3, 0.4) is 0 Å². The molecule has 0 aliphatic carbocycles. The van der Waals surface area contributed by atoms with Crippen LogP contribution in [0.2, 0.25) is 0 Å². The van der Waals surface area contributed by atoms with Crippen LogP contribution >= 0.6 is 11.8 Å². The van der Waals surface area contributed by atoms with Crippen LogP contribution in [0.5, 0.6) is 11.5 Å². The molecular formula is C21H21NO4S. The summed E-state index contributed by atoms with van der Waals surface area (Å²) in [6.07, 6.45) is 1.54. The number of rotatable bonds is 8. The smallest absolute Gasteiger partial charge is 0.287 e. The fourth-order valence-electron chi connectivity index (χ4n) is 2.68. The molecule has 1 amide bonds. The van der Waals surface area contributed by atoms with E-state index in [-0.39, 0.29) is 5.91 Å². The molecule has 0 saturated heterocycles. The Bertz CT molecular complexity index is 892. The number of furan rings is 1. The van der Waals surface area contributed by atoms with Crippen molar-refractivity contribution in [3.05, 3.63) is 77.7 Å². The van der Waals surface area contributed by atoms with Crippen LogP contribution in [0, 0.1) is 0 Å². The van der Waals surface area contributed by atoms with E-state index in [0.29, 0.717) is 29.6 Å². The molecule has 0 unspecified atom stereocenters. The second-order valence-electron chi connectivity index (χ2n) is 5.71. The Hall–Kier alpha value is -2.86. The number of thioether (sulfide) groups is 1. The Morgan fingerprint density at radius 3 is 2.56 bits per heavy atom. The predicted molar refractivity (Wildman–Crippen MR) is 105 cm³/mol. The maximum atomic E-state index is 12.6. The van der Waals surface area contributed by atoms with Crippen molar-refractivity contribution < 1.29 is 18.7 Å². The molecule has 1 aromatic heterocycles. The lowest BCUT2D eigenvalue weighted by Gasteiger charge is -2.13. The molecule has 0 spiro atoms. The van der Waals surface area contributed by atoms with Crippen LogP contribution in [0.1, 0.15) is 21.7 Å². The first kappa shape index (κ1) is 18.9. The molecule has 0 fully saturated rings. The largest absolute Gasteiger partial charge is 0.493 e. The van der Waals surface area contributed by atoms with Gasteiger partial charge in [0.1, 0.15) is 0 Å². The molecule has 0 aliphatic rings. The summed E-state index contributed by atoms with van der Waals surface area (Å²) in [6.45, 7) is 0.311. The van der Waals surface area contributed by atoms with Crippen molar-refractivity contribution in [3.8, 4) is 11.5 Å². The maximum Gasteiger partial charge on any atom is 0.287 e. The standard InChI is InChI=1S/C21H21NO4S/c1-24-18-10-6-7-15(19(18)25-2)13-22-21(23)20-16(11-12-26-20)14-27-17-8-4-3-5-9-17/h3-12H,13-14H2,1-2H3,(H,22,23). The molecule has 3 aromatic rings. The number of carbonyl (C=O) groups excluding carboxylic acids is 1. The molecular weight excluding hydrogens is 362 g/mol. The third kappa shape index (κ3) is 4.65. The number of hydrogen-bond donors (Lipinski definition) is 1. The molecule has 0 aliphatic heterocycles. The van der Waals surface area contributed by atoms with Gasteiger partial charge < -0.3 is 19.2 Å². The Balaban J connectivity index is 1.65. The van der Waals surface area contributed by atoms with Gasteiger partial charge >= 0.3 is 0 Å². The van der Waals surface area contributed by atoms with Gasteiger partial charge in [-0.1, -0.05) is 30.3 Å². The zero-order valence-electron chi connectivity index (χ0n) is 15.2. The number of para-hydroxylation sites is 1.